The molecule has 7 nitrogen and oxygen atoms in total. The van der Waals surface area contributed by atoms with Crippen molar-refractivity contribution in [2.75, 3.05) is 0 Å². The molecule has 0 spiro atoms. The highest BCUT2D eigenvalue weighted by molar-refractivity contribution is 6.49. The Morgan fingerprint density at radius 1 is 1.12 bits per heavy atom. The van der Waals surface area contributed by atoms with Crippen molar-refractivity contribution in [1.82, 2.24) is 0 Å². The summed E-state index contributed by atoms with van der Waals surface area (Å²) in [5.74, 6) is -8.21. The van der Waals surface area contributed by atoms with Crippen LogP contribution in [0.4, 0.5) is 0 Å². The molecule has 0 aliphatic carbocycles. The van der Waals surface area contributed by atoms with Crippen LogP contribution in [0, 0.1) is 5.92 Å². The van der Waals surface area contributed by atoms with Crippen molar-refractivity contribution >= 4 is 23.3 Å². The van der Waals surface area contributed by atoms with Crippen molar-refractivity contribution in [3.63, 3.8) is 0 Å². The standard InChI is InChI=1S/C10H12O7/c1-3-5(7(12)9(14)15)6(11)8(13)10(4-2)16-17-10/h5H,3-4H2,1-2H3,(H,14,15). The second kappa shape index (κ2) is 4.72. The highest BCUT2D eigenvalue weighted by Crippen LogP contribution is 2.35. The van der Waals surface area contributed by atoms with E-state index in [9.17, 15) is 19.2 Å². The average molecular weight is 244 g/mol. The topological polar surface area (TPSA) is 114 Å². The highest BCUT2D eigenvalue weighted by atomic mass is 17.4. The zero-order chi connectivity index (χ0) is 13.2. The van der Waals surface area contributed by atoms with Crippen LogP contribution >= 0.6 is 0 Å². The summed E-state index contributed by atoms with van der Waals surface area (Å²) in [5, 5.41) is 8.51. The lowest BCUT2D eigenvalue weighted by Gasteiger charge is -2.09. The molecule has 17 heavy (non-hydrogen) atoms. The van der Waals surface area contributed by atoms with E-state index in [0.29, 0.717) is 0 Å². The molecule has 0 amide bonds. The Morgan fingerprint density at radius 3 is 1.94 bits per heavy atom. The lowest BCUT2D eigenvalue weighted by Crippen LogP contribution is -2.40. The Kier molecular flexibility index (Phi) is 3.74. The van der Waals surface area contributed by atoms with Crippen LogP contribution in [-0.2, 0) is 29.0 Å². The van der Waals surface area contributed by atoms with Crippen LogP contribution < -0.4 is 0 Å². The van der Waals surface area contributed by atoms with Crippen LogP contribution in [0.3, 0.4) is 0 Å². The van der Waals surface area contributed by atoms with E-state index in [0.717, 1.165) is 0 Å². The first-order valence-electron chi connectivity index (χ1n) is 5.12. The van der Waals surface area contributed by atoms with Gasteiger partial charge in [-0.25, -0.2) is 4.79 Å². The van der Waals surface area contributed by atoms with Crippen molar-refractivity contribution in [2.45, 2.75) is 32.5 Å². The second-order valence-electron chi connectivity index (χ2n) is 3.60. The first-order valence-corrected chi connectivity index (χ1v) is 5.12. The van der Waals surface area contributed by atoms with Gasteiger partial charge in [0.15, 0.2) is 0 Å². The lowest BCUT2D eigenvalue weighted by molar-refractivity contribution is -0.154. The summed E-state index contributed by atoms with van der Waals surface area (Å²) >= 11 is 0. The number of carboxylic acids is 1. The molecule has 1 fully saturated rings. The number of hydrogen-bond donors (Lipinski definition) is 1. The molecule has 0 aromatic carbocycles. The minimum Gasteiger partial charge on any atom is -0.475 e. The van der Waals surface area contributed by atoms with Gasteiger partial charge in [0.1, 0.15) is 0 Å². The highest BCUT2D eigenvalue weighted by Gasteiger charge is 2.58. The van der Waals surface area contributed by atoms with E-state index in [4.69, 9.17) is 5.11 Å². The quantitative estimate of drug-likeness (QED) is 0.287. The molecular weight excluding hydrogens is 232 g/mol. The lowest BCUT2D eigenvalue weighted by atomic mass is 9.90. The minimum atomic E-state index is -1.74. The Labute approximate surface area is 96.6 Å². The van der Waals surface area contributed by atoms with E-state index >= 15 is 0 Å². The minimum absolute atomic E-state index is 0.0600. The molecule has 0 aromatic rings. The van der Waals surface area contributed by atoms with Crippen molar-refractivity contribution < 1.29 is 34.1 Å². The van der Waals surface area contributed by atoms with Crippen molar-refractivity contribution in [2.24, 2.45) is 5.92 Å². The van der Waals surface area contributed by atoms with Gasteiger partial charge in [-0.3, -0.25) is 14.4 Å². The first-order chi connectivity index (χ1) is 7.89. The number of aliphatic carboxylic acids is 1. The number of Topliss-reactive ketones (excluding diaryl/α,β-unsaturated/α-hetero) is 3. The molecule has 7 heteroatoms. The van der Waals surface area contributed by atoms with E-state index in [1.54, 1.807) is 6.92 Å². The van der Waals surface area contributed by atoms with Crippen molar-refractivity contribution in [1.29, 1.82) is 0 Å². The first kappa shape index (κ1) is 13.5. The van der Waals surface area contributed by atoms with E-state index in [1.165, 1.54) is 6.92 Å². The molecule has 1 aliphatic heterocycles. The maximum absolute atomic E-state index is 11.7. The van der Waals surface area contributed by atoms with Crippen molar-refractivity contribution in [3.05, 3.63) is 0 Å². The summed E-state index contributed by atoms with van der Waals surface area (Å²) in [6.07, 6.45) is 0.0603. The Bertz CT molecular complexity index is 380. The molecule has 0 aromatic heterocycles. The third-order valence-corrected chi connectivity index (χ3v) is 2.57. The monoisotopic (exact) mass is 244 g/mol. The Hall–Kier alpha value is -1.60. The van der Waals surface area contributed by atoms with Crippen LogP contribution in [0.25, 0.3) is 0 Å². The zero-order valence-electron chi connectivity index (χ0n) is 9.39. The third-order valence-electron chi connectivity index (χ3n) is 2.57. The SMILES string of the molecule is CCC(C(=O)C(=O)O)C(=O)C(=O)C1(CC)OO1. The average Bonchev–Trinajstić information content (AvgIpc) is 3.09. The molecule has 1 atom stereocenters. The van der Waals surface area contributed by atoms with Gasteiger partial charge in [-0.2, -0.15) is 9.78 Å². The predicted molar refractivity (Wildman–Crippen MR) is 51.6 cm³/mol. The molecular formula is C10H12O7. The second-order valence-corrected chi connectivity index (χ2v) is 3.60. The van der Waals surface area contributed by atoms with Gasteiger partial charge in [-0.15, -0.1) is 0 Å². The van der Waals surface area contributed by atoms with Crippen LogP contribution in [0.5, 0.6) is 0 Å². The van der Waals surface area contributed by atoms with E-state index in [2.05, 4.69) is 9.78 Å². The molecule has 0 bridgehead atoms. The molecule has 0 radical (unpaired) electrons. The summed E-state index contributed by atoms with van der Waals surface area (Å²) in [6.45, 7) is 3.02. The van der Waals surface area contributed by atoms with E-state index in [1.807, 2.05) is 0 Å². The molecule has 94 valence electrons. The summed E-state index contributed by atoms with van der Waals surface area (Å²) in [4.78, 5) is 53.9. The molecule has 1 aliphatic rings. The van der Waals surface area contributed by atoms with Crippen LogP contribution in [0.1, 0.15) is 26.7 Å². The summed E-state index contributed by atoms with van der Waals surface area (Å²) in [6, 6.07) is 0. The van der Waals surface area contributed by atoms with Gasteiger partial charge in [-0.1, -0.05) is 13.8 Å². The molecule has 1 N–H and O–H groups in total. The van der Waals surface area contributed by atoms with Gasteiger partial charge in [0, 0.05) is 6.42 Å². The largest absolute Gasteiger partial charge is 0.475 e. The van der Waals surface area contributed by atoms with Crippen LogP contribution in [0.15, 0.2) is 0 Å². The smallest absolute Gasteiger partial charge is 0.372 e. The number of carbonyl (C=O) groups is 4. The van der Waals surface area contributed by atoms with E-state index in [-0.39, 0.29) is 12.8 Å². The maximum Gasteiger partial charge on any atom is 0.372 e. The Balaban J connectivity index is 2.84. The number of carbonyl (C=O) groups excluding carboxylic acids is 3. The normalized spacial score (nSPS) is 18.2. The van der Waals surface area contributed by atoms with Gasteiger partial charge in [0.05, 0.1) is 5.92 Å². The fourth-order valence-electron chi connectivity index (χ4n) is 1.39. The fourth-order valence-corrected chi connectivity index (χ4v) is 1.39. The maximum atomic E-state index is 11.7. The van der Waals surface area contributed by atoms with Gasteiger partial charge < -0.3 is 5.11 Å². The van der Waals surface area contributed by atoms with Gasteiger partial charge in [0.2, 0.25) is 5.78 Å². The summed E-state index contributed by atoms with van der Waals surface area (Å²) in [5.41, 5.74) is 0. The fraction of sp³-hybridized carbons (Fsp3) is 0.600. The van der Waals surface area contributed by atoms with E-state index < -0.39 is 35.0 Å². The molecule has 1 unspecified atom stereocenters. The zero-order valence-corrected chi connectivity index (χ0v) is 9.39. The molecule has 1 heterocycles. The number of ketones is 3. The molecule has 1 saturated heterocycles. The molecule has 0 saturated carbocycles. The number of rotatable bonds is 7. The molecule has 1 rings (SSSR count). The van der Waals surface area contributed by atoms with Gasteiger partial charge in [-0.05, 0) is 6.42 Å². The third kappa shape index (κ3) is 2.40. The Morgan fingerprint density at radius 2 is 1.65 bits per heavy atom. The number of hydrogen-bond acceptors (Lipinski definition) is 6. The summed E-state index contributed by atoms with van der Waals surface area (Å²) < 4.78 is 0. The number of carboxylic acid groups (broad SMARTS) is 1. The van der Waals surface area contributed by atoms with Gasteiger partial charge in [0.25, 0.3) is 17.4 Å². The van der Waals surface area contributed by atoms with Gasteiger partial charge >= 0.3 is 5.97 Å². The predicted octanol–water partition coefficient (Wildman–Crippen LogP) is -0.127. The summed E-state index contributed by atoms with van der Waals surface area (Å²) in [7, 11) is 0. The van der Waals surface area contributed by atoms with Crippen LogP contribution in [0.2, 0.25) is 0 Å². The van der Waals surface area contributed by atoms with Crippen LogP contribution in [-0.4, -0.2) is 34.2 Å². The van der Waals surface area contributed by atoms with Crippen molar-refractivity contribution in [3.8, 4) is 0 Å².